The fourth-order valence-electron chi connectivity index (χ4n) is 2.03. The van der Waals surface area contributed by atoms with Gasteiger partial charge >= 0.3 is 0 Å². The second-order valence-electron chi connectivity index (χ2n) is 4.46. The first kappa shape index (κ1) is 13.5. The lowest BCUT2D eigenvalue weighted by atomic mass is 10.2. The second kappa shape index (κ2) is 5.46. The molecule has 106 valence electrons. The Kier molecular flexibility index (Phi) is 3.50. The Bertz CT molecular complexity index is 805. The van der Waals surface area contributed by atoms with Gasteiger partial charge in [-0.3, -0.25) is 4.98 Å². The van der Waals surface area contributed by atoms with Gasteiger partial charge in [0.15, 0.2) is 11.6 Å². The molecule has 3 rings (SSSR count). The number of fused-ring (bicyclic) bond motifs is 1. The average molecular weight is 287 g/mol. The van der Waals surface area contributed by atoms with Crippen LogP contribution in [0, 0.1) is 11.6 Å². The average Bonchev–Trinajstić information content (AvgIpc) is 2.50. The second-order valence-corrected chi connectivity index (χ2v) is 4.46. The van der Waals surface area contributed by atoms with Gasteiger partial charge in [0.1, 0.15) is 11.6 Å². The largest absolute Gasteiger partial charge is 0.453 e. The molecule has 0 fully saturated rings. The Morgan fingerprint density at radius 2 is 1.81 bits per heavy atom. The number of aromatic nitrogens is 1. The third-order valence-electron chi connectivity index (χ3n) is 3.01. The van der Waals surface area contributed by atoms with Crippen LogP contribution in [0.4, 0.5) is 8.78 Å². The van der Waals surface area contributed by atoms with Crippen molar-refractivity contribution in [3.8, 4) is 11.5 Å². The van der Waals surface area contributed by atoms with Crippen molar-refractivity contribution in [1.82, 2.24) is 4.98 Å². The Balaban J connectivity index is 2.13. The highest BCUT2D eigenvalue weighted by Crippen LogP contribution is 2.31. The molecule has 21 heavy (non-hydrogen) atoms. The van der Waals surface area contributed by atoms with E-state index >= 15 is 0 Å². The number of pyridine rings is 1. The molecule has 1 N–H and O–H groups in total. The third-order valence-corrected chi connectivity index (χ3v) is 3.01. The predicted molar refractivity (Wildman–Crippen MR) is 74.1 cm³/mol. The van der Waals surface area contributed by atoms with Crippen LogP contribution in [0.3, 0.4) is 0 Å². The van der Waals surface area contributed by atoms with Crippen LogP contribution in [-0.2, 0) is 6.61 Å². The molecular formula is C16H11F2NO2. The van der Waals surface area contributed by atoms with Gasteiger partial charge in [0.2, 0.25) is 0 Å². The Labute approximate surface area is 119 Å². The molecule has 3 aromatic rings. The van der Waals surface area contributed by atoms with E-state index in [1.807, 2.05) is 0 Å². The van der Waals surface area contributed by atoms with Crippen LogP contribution in [0.2, 0.25) is 0 Å². The lowest BCUT2D eigenvalue weighted by Crippen LogP contribution is -1.95. The molecule has 0 amide bonds. The number of nitrogens with zero attached hydrogens (tertiary/aromatic N) is 1. The van der Waals surface area contributed by atoms with E-state index in [1.54, 1.807) is 24.3 Å². The minimum absolute atomic E-state index is 0.213. The van der Waals surface area contributed by atoms with Crippen LogP contribution >= 0.6 is 0 Å². The molecule has 2 aromatic carbocycles. The maximum absolute atomic E-state index is 13.7. The molecular weight excluding hydrogens is 276 g/mol. The highest BCUT2D eigenvalue weighted by molar-refractivity contribution is 5.85. The summed E-state index contributed by atoms with van der Waals surface area (Å²) in [5.74, 6) is -1.15. The number of hydrogen-bond donors (Lipinski definition) is 1. The summed E-state index contributed by atoms with van der Waals surface area (Å²) in [7, 11) is 0. The first-order valence-electron chi connectivity index (χ1n) is 6.30. The lowest BCUT2D eigenvalue weighted by Gasteiger charge is -2.11. The molecule has 0 spiro atoms. The molecule has 5 heteroatoms. The molecule has 0 atom stereocenters. The molecule has 0 bridgehead atoms. The SMILES string of the molecule is OCc1cc(Oc2cc(F)ccc2F)c2ccccc2n1. The molecule has 1 heterocycles. The summed E-state index contributed by atoms with van der Waals surface area (Å²) in [6, 6.07) is 11.6. The highest BCUT2D eigenvalue weighted by Gasteiger charge is 2.11. The van der Waals surface area contributed by atoms with Gasteiger partial charge < -0.3 is 9.84 Å². The van der Waals surface area contributed by atoms with Crippen molar-refractivity contribution in [1.29, 1.82) is 0 Å². The van der Waals surface area contributed by atoms with E-state index in [9.17, 15) is 13.9 Å². The summed E-state index contributed by atoms with van der Waals surface area (Å²) in [6.45, 7) is -0.271. The van der Waals surface area contributed by atoms with Gasteiger partial charge in [-0.2, -0.15) is 0 Å². The number of aliphatic hydroxyl groups excluding tert-OH is 1. The van der Waals surface area contributed by atoms with Gasteiger partial charge in [-0.1, -0.05) is 12.1 Å². The molecule has 0 aliphatic heterocycles. The van der Waals surface area contributed by atoms with E-state index in [0.29, 0.717) is 22.3 Å². The minimum Gasteiger partial charge on any atom is -0.453 e. The van der Waals surface area contributed by atoms with Crippen LogP contribution in [0.15, 0.2) is 48.5 Å². The van der Waals surface area contributed by atoms with Crippen LogP contribution < -0.4 is 4.74 Å². The van der Waals surface area contributed by atoms with E-state index in [0.717, 1.165) is 18.2 Å². The van der Waals surface area contributed by atoms with Gasteiger partial charge in [-0.05, 0) is 24.3 Å². The maximum atomic E-state index is 13.7. The van der Waals surface area contributed by atoms with Crippen LogP contribution in [0.1, 0.15) is 5.69 Å². The van der Waals surface area contributed by atoms with E-state index in [2.05, 4.69) is 4.98 Å². The Morgan fingerprint density at radius 3 is 2.62 bits per heavy atom. The van der Waals surface area contributed by atoms with Crippen molar-refractivity contribution in [2.75, 3.05) is 0 Å². The Hall–Kier alpha value is -2.53. The van der Waals surface area contributed by atoms with Gasteiger partial charge in [0, 0.05) is 17.5 Å². The minimum atomic E-state index is -0.664. The standard InChI is InChI=1S/C16H11F2NO2/c17-10-5-6-13(18)16(7-10)21-15-8-11(9-20)19-14-4-2-1-3-12(14)15/h1-8,20H,9H2. The number of benzene rings is 2. The summed E-state index contributed by atoms with van der Waals surface area (Å²) in [5, 5.41) is 9.89. The molecule has 0 radical (unpaired) electrons. The monoisotopic (exact) mass is 287 g/mol. The normalized spacial score (nSPS) is 10.8. The molecule has 0 saturated heterocycles. The van der Waals surface area contributed by atoms with Crippen molar-refractivity contribution < 1.29 is 18.6 Å². The summed E-state index contributed by atoms with van der Waals surface area (Å²) in [6.07, 6.45) is 0. The van der Waals surface area contributed by atoms with Crippen LogP contribution in [-0.4, -0.2) is 10.1 Å². The highest BCUT2D eigenvalue weighted by atomic mass is 19.1. The zero-order valence-corrected chi connectivity index (χ0v) is 10.9. The van der Waals surface area contributed by atoms with E-state index < -0.39 is 11.6 Å². The van der Waals surface area contributed by atoms with Gasteiger partial charge in [0.05, 0.1) is 17.8 Å². The fraction of sp³-hybridized carbons (Fsp3) is 0.0625. The first-order valence-corrected chi connectivity index (χ1v) is 6.30. The number of halogens is 2. The van der Waals surface area contributed by atoms with Crippen LogP contribution in [0.5, 0.6) is 11.5 Å². The predicted octanol–water partition coefficient (Wildman–Crippen LogP) is 3.80. The van der Waals surface area contributed by atoms with E-state index in [1.165, 1.54) is 6.07 Å². The maximum Gasteiger partial charge on any atom is 0.166 e. The summed E-state index contributed by atoms with van der Waals surface area (Å²) < 4.78 is 32.4. The van der Waals surface area contributed by atoms with E-state index in [-0.39, 0.29) is 12.4 Å². The van der Waals surface area contributed by atoms with Crippen molar-refractivity contribution in [2.24, 2.45) is 0 Å². The van der Waals surface area contributed by atoms with Crippen molar-refractivity contribution in [2.45, 2.75) is 6.61 Å². The molecule has 0 saturated carbocycles. The van der Waals surface area contributed by atoms with Gasteiger partial charge in [0.25, 0.3) is 0 Å². The number of rotatable bonds is 3. The van der Waals surface area contributed by atoms with Crippen molar-refractivity contribution in [3.05, 3.63) is 65.9 Å². The van der Waals surface area contributed by atoms with Crippen molar-refractivity contribution in [3.63, 3.8) is 0 Å². The van der Waals surface area contributed by atoms with Gasteiger partial charge in [-0.25, -0.2) is 8.78 Å². The number of ether oxygens (including phenoxy) is 1. The van der Waals surface area contributed by atoms with Gasteiger partial charge in [-0.15, -0.1) is 0 Å². The van der Waals surface area contributed by atoms with E-state index in [4.69, 9.17) is 4.74 Å². The molecule has 0 aliphatic rings. The summed E-state index contributed by atoms with van der Waals surface area (Å²) in [5.41, 5.74) is 0.997. The first-order chi connectivity index (χ1) is 10.2. The molecule has 0 aliphatic carbocycles. The zero-order chi connectivity index (χ0) is 14.8. The summed E-state index contributed by atoms with van der Waals surface area (Å²) in [4.78, 5) is 4.24. The topological polar surface area (TPSA) is 42.4 Å². The number of hydrogen-bond acceptors (Lipinski definition) is 3. The molecule has 1 aromatic heterocycles. The molecule has 0 unspecified atom stereocenters. The third kappa shape index (κ3) is 2.68. The lowest BCUT2D eigenvalue weighted by molar-refractivity contribution is 0.276. The smallest absolute Gasteiger partial charge is 0.166 e. The van der Waals surface area contributed by atoms with Crippen molar-refractivity contribution >= 4 is 10.9 Å². The fourth-order valence-corrected chi connectivity index (χ4v) is 2.03. The number of aliphatic hydroxyl groups is 1. The molecule has 3 nitrogen and oxygen atoms in total. The Morgan fingerprint density at radius 1 is 1.00 bits per heavy atom. The number of para-hydroxylation sites is 1. The summed E-state index contributed by atoms with van der Waals surface area (Å²) >= 11 is 0. The van der Waals surface area contributed by atoms with Crippen LogP contribution in [0.25, 0.3) is 10.9 Å². The quantitative estimate of drug-likeness (QED) is 0.796. The zero-order valence-electron chi connectivity index (χ0n) is 10.9.